The zero-order valence-electron chi connectivity index (χ0n) is 21.9. The van der Waals surface area contributed by atoms with Gasteiger partial charge in [-0.1, -0.05) is 47.5 Å². The number of anilines is 2. The highest BCUT2D eigenvalue weighted by molar-refractivity contribution is 8.00. The van der Waals surface area contributed by atoms with E-state index in [0.29, 0.717) is 44.0 Å². The van der Waals surface area contributed by atoms with Crippen LogP contribution in [0.15, 0.2) is 102 Å². The lowest BCUT2D eigenvalue weighted by Crippen LogP contribution is -2.30. The maximum absolute atomic E-state index is 13.3. The van der Waals surface area contributed by atoms with Crippen LogP contribution in [0.25, 0.3) is 6.08 Å². The number of thioether (sulfide) groups is 1. The van der Waals surface area contributed by atoms with Crippen LogP contribution in [0.5, 0.6) is 11.5 Å². The average molecular weight is 621 g/mol. The Labute approximate surface area is 256 Å². The standard InChI is InChI=1S/C31H23Cl2N3O5S/c32-21-7-6-20(25(33)15-21)14-26(36-30(38)19-4-2-1-3-5-19)31(39)35-22-8-11-24(12-9-22)42-17-29(37)34-23-10-13-27-28(16-23)41-18-40-27/h1-16H,17-18H2,(H,34,37)(H,35,39)(H,36,38)/b26-14-. The Morgan fingerprint density at radius 2 is 1.55 bits per heavy atom. The Balaban J connectivity index is 1.22. The topological polar surface area (TPSA) is 106 Å². The fourth-order valence-electron chi connectivity index (χ4n) is 3.87. The molecule has 0 aliphatic carbocycles. The van der Waals surface area contributed by atoms with E-state index in [-0.39, 0.29) is 24.2 Å². The van der Waals surface area contributed by atoms with E-state index in [4.69, 9.17) is 32.7 Å². The Morgan fingerprint density at radius 3 is 2.31 bits per heavy atom. The summed E-state index contributed by atoms with van der Waals surface area (Å²) in [5.41, 5.74) is 2.00. The molecule has 0 bridgehead atoms. The number of ether oxygens (including phenoxy) is 2. The van der Waals surface area contributed by atoms with Gasteiger partial charge >= 0.3 is 0 Å². The SMILES string of the molecule is O=C(CSc1ccc(NC(=O)/C(=C/c2ccc(Cl)cc2Cl)NC(=O)c2ccccc2)cc1)Nc1ccc2c(c1)OCO2. The first kappa shape index (κ1) is 29.1. The van der Waals surface area contributed by atoms with Crippen LogP contribution in [0.2, 0.25) is 10.0 Å². The molecule has 5 rings (SSSR count). The van der Waals surface area contributed by atoms with Crippen molar-refractivity contribution in [2.24, 2.45) is 0 Å². The molecule has 0 fully saturated rings. The van der Waals surface area contributed by atoms with Gasteiger partial charge in [-0.3, -0.25) is 14.4 Å². The van der Waals surface area contributed by atoms with E-state index in [1.165, 1.54) is 17.8 Å². The van der Waals surface area contributed by atoms with Gasteiger partial charge in [0.15, 0.2) is 11.5 Å². The van der Waals surface area contributed by atoms with Crippen molar-refractivity contribution in [3.63, 3.8) is 0 Å². The second kappa shape index (κ2) is 13.5. The fourth-order valence-corrected chi connectivity index (χ4v) is 5.03. The lowest BCUT2D eigenvalue weighted by Gasteiger charge is -2.12. The van der Waals surface area contributed by atoms with Crippen molar-refractivity contribution in [3.05, 3.63) is 118 Å². The highest BCUT2D eigenvalue weighted by atomic mass is 35.5. The molecule has 8 nitrogen and oxygen atoms in total. The average Bonchev–Trinajstić information content (AvgIpc) is 3.46. The second-order valence-electron chi connectivity index (χ2n) is 8.93. The van der Waals surface area contributed by atoms with Crippen molar-refractivity contribution >= 4 is 70.1 Å². The van der Waals surface area contributed by atoms with Crippen LogP contribution in [0.1, 0.15) is 15.9 Å². The molecule has 1 heterocycles. The van der Waals surface area contributed by atoms with Crippen LogP contribution in [0.4, 0.5) is 11.4 Å². The van der Waals surface area contributed by atoms with E-state index in [9.17, 15) is 14.4 Å². The monoisotopic (exact) mass is 619 g/mol. The van der Waals surface area contributed by atoms with E-state index < -0.39 is 11.8 Å². The number of fused-ring (bicyclic) bond motifs is 1. The molecule has 1 aliphatic rings. The van der Waals surface area contributed by atoms with Crippen molar-refractivity contribution in [2.45, 2.75) is 4.90 Å². The van der Waals surface area contributed by atoms with Gasteiger partial charge in [0.1, 0.15) is 5.70 Å². The summed E-state index contributed by atoms with van der Waals surface area (Å²) in [4.78, 5) is 39.4. The van der Waals surface area contributed by atoms with Gasteiger partial charge in [-0.05, 0) is 72.3 Å². The molecule has 3 N–H and O–H groups in total. The minimum absolute atomic E-state index is 0.00767. The number of rotatable bonds is 9. The molecule has 0 unspecified atom stereocenters. The molecule has 0 radical (unpaired) electrons. The van der Waals surface area contributed by atoms with Gasteiger partial charge in [0, 0.05) is 37.9 Å². The molecule has 11 heteroatoms. The number of halogens is 2. The van der Waals surface area contributed by atoms with E-state index in [1.54, 1.807) is 91.0 Å². The lowest BCUT2D eigenvalue weighted by molar-refractivity contribution is -0.114. The highest BCUT2D eigenvalue weighted by Gasteiger charge is 2.17. The first-order valence-corrected chi connectivity index (χ1v) is 14.3. The smallest absolute Gasteiger partial charge is 0.272 e. The number of carbonyl (C=O) groups excluding carboxylic acids is 3. The number of amides is 3. The normalized spacial score (nSPS) is 12.0. The Bertz CT molecular complexity index is 1660. The summed E-state index contributed by atoms with van der Waals surface area (Å²) in [6.45, 7) is 0.162. The van der Waals surface area contributed by atoms with Crippen molar-refractivity contribution in [3.8, 4) is 11.5 Å². The summed E-state index contributed by atoms with van der Waals surface area (Å²) < 4.78 is 10.6. The number of benzene rings is 4. The zero-order chi connectivity index (χ0) is 29.5. The van der Waals surface area contributed by atoms with Crippen molar-refractivity contribution in [2.75, 3.05) is 23.2 Å². The maximum atomic E-state index is 13.3. The highest BCUT2D eigenvalue weighted by Crippen LogP contribution is 2.34. The van der Waals surface area contributed by atoms with Crippen LogP contribution in [0, 0.1) is 0 Å². The lowest BCUT2D eigenvalue weighted by atomic mass is 10.1. The minimum Gasteiger partial charge on any atom is -0.454 e. The molecule has 0 aromatic heterocycles. The van der Waals surface area contributed by atoms with Gasteiger partial charge in [0.25, 0.3) is 11.8 Å². The third-order valence-electron chi connectivity index (χ3n) is 5.93. The maximum Gasteiger partial charge on any atom is 0.272 e. The molecule has 0 saturated heterocycles. The molecular formula is C31H23Cl2N3O5S. The van der Waals surface area contributed by atoms with Gasteiger partial charge in [-0.25, -0.2) is 0 Å². The predicted molar refractivity (Wildman–Crippen MR) is 165 cm³/mol. The first-order valence-electron chi connectivity index (χ1n) is 12.6. The second-order valence-corrected chi connectivity index (χ2v) is 10.8. The molecule has 0 atom stereocenters. The Kier molecular flexibility index (Phi) is 9.33. The summed E-state index contributed by atoms with van der Waals surface area (Å²) >= 11 is 13.7. The van der Waals surface area contributed by atoms with Crippen molar-refractivity contribution in [1.82, 2.24) is 5.32 Å². The van der Waals surface area contributed by atoms with Gasteiger partial charge < -0.3 is 25.4 Å². The quantitative estimate of drug-likeness (QED) is 0.140. The van der Waals surface area contributed by atoms with E-state index >= 15 is 0 Å². The molecule has 212 valence electrons. The first-order chi connectivity index (χ1) is 20.3. The summed E-state index contributed by atoms with van der Waals surface area (Å²) in [7, 11) is 0. The molecule has 42 heavy (non-hydrogen) atoms. The number of hydrogen-bond donors (Lipinski definition) is 3. The van der Waals surface area contributed by atoms with Gasteiger partial charge in [0.05, 0.1) is 5.75 Å². The molecule has 3 amide bonds. The molecular weight excluding hydrogens is 597 g/mol. The van der Waals surface area contributed by atoms with E-state index in [2.05, 4.69) is 16.0 Å². The summed E-state index contributed by atoms with van der Waals surface area (Å²) in [5, 5.41) is 9.08. The van der Waals surface area contributed by atoms with Gasteiger partial charge in [-0.15, -0.1) is 11.8 Å². The number of carbonyl (C=O) groups is 3. The summed E-state index contributed by atoms with van der Waals surface area (Å²) in [6.07, 6.45) is 1.48. The van der Waals surface area contributed by atoms with Crippen LogP contribution in [-0.2, 0) is 9.59 Å². The van der Waals surface area contributed by atoms with Gasteiger partial charge in [0.2, 0.25) is 12.7 Å². The summed E-state index contributed by atoms with van der Waals surface area (Å²) in [5.74, 6) is 0.236. The van der Waals surface area contributed by atoms with Crippen molar-refractivity contribution < 1.29 is 23.9 Å². The third-order valence-corrected chi connectivity index (χ3v) is 7.50. The molecule has 4 aromatic rings. The molecule has 0 saturated carbocycles. The summed E-state index contributed by atoms with van der Waals surface area (Å²) in [6, 6.07) is 25.6. The van der Waals surface area contributed by atoms with Gasteiger partial charge in [-0.2, -0.15) is 0 Å². The number of nitrogens with one attached hydrogen (secondary N) is 3. The predicted octanol–water partition coefficient (Wildman–Crippen LogP) is 6.86. The largest absolute Gasteiger partial charge is 0.454 e. The minimum atomic E-state index is -0.547. The van der Waals surface area contributed by atoms with Crippen molar-refractivity contribution in [1.29, 1.82) is 0 Å². The Hall–Kier alpha value is -4.44. The molecule has 1 aliphatic heterocycles. The number of hydrogen-bond acceptors (Lipinski definition) is 6. The van der Waals surface area contributed by atoms with E-state index in [0.717, 1.165) is 4.90 Å². The Morgan fingerprint density at radius 1 is 0.810 bits per heavy atom. The van der Waals surface area contributed by atoms with Crippen LogP contribution in [-0.4, -0.2) is 30.3 Å². The van der Waals surface area contributed by atoms with E-state index in [1.807, 2.05) is 0 Å². The van der Waals surface area contributed by atoms with Crippen LogP contribution >= 0.6 is 35.0 Å². The molecule has 0 spiro atoms. The van der Waals surface area contributed by atoms with Crippen LogP contribution < -0.4 is 25.4 Å². The zero-order valence-corrected chi connectivity index (χ0v) is 24.2. The fraction of sp³-hybridized carbons (Fsp3) is 0.0645. The van der Waals surface area contributed by atoms with Crippen LogP contribution in [0.3, 0.4) is 0 Å². The molecule has 4 aromatic carbocycles. The third kappa shape index (κ3) is 7.64.